The molecule has 3 rings (SSSR count). The Hall–Kier alpha value is -0.660. The predicted molar refractivity (Wildman–Crippen MR) is 93.3 cm³/mol. The number of halogens is 1. The van der Waals surface area contributed by atoms with Crippen LogP contribution in [0.25, 0.3) is 0 Å². The van der Waals surface area contributed by atoms with E-state index in [9.17, 15) is 4.79 Å². The van der Waals surface area contributed by atoms with Crippen molar-refractivity contribution in [3.63, 3.8) is 0 Å². The van der Waals surface area contributed by atoms with Crippen LogP contribution in [0.15, 0.2) is 24.3 Å². The summed E-state index contributed by atoms with van der Waals surface area (Å²) < 4.78 is 1.13. The Morgan fingerprint density at radius 2 is 2.29 bits per heavy atom. The molecule has 2 aliphatic heterocycles. The minimum Gasteiger partial charge on any atom is -0.325 e. The van der Waals surface area contributed by atoms with E-state index < -0.39 is 0 Å². The Morgan fingerprint density at radius 1 is 1.48 bits per heavy atom. The molecule has 4 nitrogen and oxygen atoms in total. The number of carbonyl (C=O) groups is 1. The zero-order valence-corrected chi connectivity index (χ0v) is 14.7. The van der Waals surface area contributed by atoms with E-state index in [1.54, 1.807) is 0 Å². The minimum absolute atomic E-state index is 0.0815. The second kappa shape index (κ2) is 5.85. The minimum atomic E-state index is 0.0815. The lowest BCUT2D eigenvalue weighted by Gasteiger charge is -2.35. The third-order valence-electron chi connectivity index (χ3n) is 4.96. The van der Waals surface area contributed by atoms with Gasteiger partial charge in [-0.2, -0.15) is 0 Å². The van der Waals surface area contributed by atoms with Crippen molar-refractivity contribution < 1.29 is 4.79 Å². The lowest BCUT2D eigenvalue weighted by atomic mass is 9.85. The molecule has 2 aliphatic rings. The summed E-state index contributed by atoms with van der Waals surface area (Å²) in [5, 5.41) is 6.48. The number of carbonyl (C=O) groups excluding carboxylic acids is 1. The molecule has 114 valence electrons. The topological polar surface area (TPSA) is 44.4 Å². The van der Waals surface area contributed by atoms with Crippen LogP contribution in [0, 0.1) is 15.4 Å². The first-order valence-electron chi connectivity index (χ1n) is 7.48. The van der Waals surface area contributed by atoms with Crippen molar-refractivity contribution in [2.75, 3.05) is 31.5 Å². The smallest absolute Gasteiger partial charge is 0.238 e. The van der Waals surface area contributed by atoms with Crippen molar-refractivity contribution in [1.82, 2.24) is 10.2 Å². The molecular weight excluding hydrogens is 377 g/mol. The van der Waals surface area contributed by atoms with Crippen LogP contribution in [-0.2, 0) is 4.79 Å². The van der Waals surface area contributed by atoms with Gasteiger partial charge in [-0.1, -0.05) is 6.07 Å². The molecule has 2 N–H and O–H groups in total. The number of fused-ring (bicyclic) bond motifs is 1. The van der Waals surface area contributed by atoms with Gasteiger partial charge in [0.2, 0.25) is 5.91 Å². The average Bonchev–Trinajstić information content (AvgIpc) is 2.94. The van der Waals surface area contributed by atoms with Crippen LogP contribution < -0.4 is 10.6 Å². The lowest BCUT2D eigenvalue weighted by Crippen LogP contribution is -2.47. The van der Waals surface area contributed by atoms with E-state index in [1.807, 2.05) is 24.3 Å². The molecule has 2 atom stereocenters. The number of benzene rings is 1. The van der Waals surface area contributed by atoms with Gasteiger partial charge in [0, 0.05) is 27.9 Å². The van der Waals surface area contributed by atoms with Crippen molar-refractivity contribution in [1.29, 1.82) is 0 Å². The van der Waals surface area contributed by atoms with Gasteiger partial charge < -0.3 is 10.6 Å². The molecule has 1 aromatic carbocycles. The van der Waals surface area contributed by atoms with E-state index in [0.717, 1.165) is 28.9 Å². The highest BCUT2D eigenvalue weighted by Crippen LogP contribution is 2.40. The largest absolute Gasteiger partial charge is 0.325 e. The maximum atomic E-state index is 12.3. The van der Waals surface area contributed by atoms with Gasteiger partial charge in [0.1, 0.15) is 0 Å². The highest BCUT2D eigenvalue weighted by molar-refractivity contribution is 14.1. The van der Waals surface area contributed by atoms with Crippen molar-refractivity contribution in [2.24, 2.45) is 11.8 Å². The number of anilines is 1. The molecule has 2 heterocycles. The second-order valence-corrected chi connectivity index (χ2v) is 7.86. The van der Waals surface area contributed by atoms with Gasteiger partial charge in [-0.05, 0) is 73.0 Å². The summed E-state index contributed by atoms with van der Waals surface area (Å²) in [5.41, 5.74) is 0.974. The monoisotopic (exact) mass is 399 g/mol. The summed E-state index contributed by atoms with van der Waals surface area (Å²) in [6, 6.07) is 7.92. The van der Waals surface area contributed by atoms with Crippen molar-refractivity contribution in [3.05, 3.63) is 27.8 Å². The normalized spacial score (nSPS) is 27.6. The molecule has 21 heavy (non-hydrogen) atoms. The van der Waals surface area contributed by atoms with Crippen LogP contribution in [0.5, 0.6) is 0 Å². The fourth-order valence-electron chi connectivity index (χ4n) is 3.71. The van der Waals surface area contributed by atoms with Gasteiger partial charge in [0.15, 0.2) is 0 Å². The molecule has 0 aliphatic carbocycles. The molecule has 2 unspecified atom stereocenters. The summed E-state index contributed by atoms with van der Waals surface area (Å²) in [6.07, 6.45) is 0. The third-order valence-corrected chi connectivity index (χ3v) is 5.63. The molecule has 0 spiro atoms. The Kier molecular flexibility index (Phi) is 4.25. The highest BCUT2D eigenvalue weighted by atomic mass is 127. The quantitative estimate of drug-likeness (QED) is 0.766. The van der Waals surface area contributed by atoms with E-state index in [2.05, 4.69) is 52.0 Å². The van der Waals surface area contributed by atoms with Gasteiger partial charge in [-0.25, -0.2) is 0 Å². The van der Waals surface area contributed by atoms with E-state index >= 15 is 0 Å². The van der Waals surface area contributed by atoms with Crippen LogP contribution in [-0.4, -0.2) is 42.5 Å². The summed E-state index contributed by atoms with van der Waals surface area (Å²) in [5.74, 6) is 1.42. The predicted octanol–water partition coefficient (Wildman–Crippen LogP) is 2.16. The van der Waals surface area contributed by atoms with Crippen molar-refractivity contribution >= 4 is 34.2 Å². The maximum Gasteiger partial charge on any atom is 0.238 e. The molecule has 5 heteroatoms. The van der Waals surface area contributed by atoms with Gasteiger partial charge in [-0.15, -0.1) is 0 Å². The molecule has 0 saturated carbocycles. The second-order valence-electron chi connectivity index (χ2n) is 6.62. The number of amides is 1. The summed E-state index contributed by atoms with van der Waals surface area (Å²) in [4.78, 5) is 14.7. The Morgan fingerprint density at radius 3 is 3.00 bits per heavy atom. The lowest BCUT2D eigenvalue weighted by molar-refractivity contribution is -0.118. The van der Waals surface area contributed by atoms with Crippen LogP contribution in [0.1, 0.15) is 13.8 Å². The standard InChI is InChI=1S/C16H22IN3O/c1-16(2)14-8-18-7-11(14)9-20(16)10-15(21)19-13-5-3-4-12(17)6-13/h3-6,11,14,18H,7-10H2,1-2H3,(H,19,21). The number of hydrogen-bond acceptors (Lipinski definition) is 3. The van der Waals surface area contributed by atoms with Crippen molar-refractivity contribution in [2.45, 2.75) is 19.4 Å². The molecule has 0 aromatic heterocycles. The zero-order chi connectivity index (χ0) is 15.0. The van der Waals surface area contributed by atoms with Gasteiger partial charge >= 0.3 is 0 Å². The summed E-state index contributed by atoms with van der Waals surface area (Å²) >= 11 is 2.26. The SMILES string of the molecule is CC1(C)C2CNCC2CN1CC(=O)Nc1cccc(I)c1. The van der Waals surface area contributed by atoms with Gasteiger partial charge in [0.05, 0.1) is 6.54 Å². The molecule has 2 fully saturated rings. The summed E-state index contributed by atoms with van der Waals surface area (Å²) in [7, 11) is 0. The first kappa shape index (κ1) is 15.2. The molecule has 2 saturated heterocycles. The molecule has 1 aromatic rings. The Balaban J connectivity index is 1.63. The van der Waals surface area contributed by atoms with E-state index in [1.165, 1.54) is 0 Å². The zero-order valence-electron chi connectivity index (χ0n) is 12.5. The average molecular weight is 399 g/mol. The Labute approximate surface area is 139 Å². The number of rotatable bonds is 3. The third kappa shape index (κ3) is 3.10. The van der Waals surface area contributed by atoms with Crippen LogP contribution in [0.2, 0.25) is 0 Å². The van der Waals surface area contributed by atoms with Crippen molar-refractivity contribution in [3.8, 4) is 0 Å². The van der Waals surface area contributed by atoms with Crippen LogP contribution in [0.4, 0.5) is 5.69 Å². The van der Waals surface area contributed by atoms with Crippen LogP contribution in [0.3, 0.4) is 0 Å². The molecule has 0 radical (unpaired) electrons. The van der Waals surface area contributed by atoms with Gasteiger partial charge in [-0.3, -0.25) is 9.69 Å². The van der Waals surface area contributed by atoms with E-state index in [0.29, 0.717) is 18.4 Å². The van der Waals surface area contributed by atoms with Gasteiger partial charge in [0.25, 0.3) is 0 Å². The maximum absolute atomic E-state index is 12.3. The van der Waals surface area contributed by atoms with E-state index in [4.69, 9.17) is 0 Å². The first-order valence-corrected chi connectivity index (χ1v) is 8.56. The van der Waals surface area contributed by atoms with Crippen LogP contribution >= 0.6 is 22.6 Å². The number of likely N-dealkylation sites (tertiary alicyclic amines) is 1. The number of hydrogen-bond donors (Lipinski definition) is 2. The van der Waals surface area contributed by atoms with E-state index in [-0.39, 0.29) is 11.4 Å². The fourth-order valence-corrected chi connectivity index (χ4v) is 4.26. The first-order chi connectivity index (χ1) is 9.96. The molecule has 0 bridgehead atoms. The Bertz CT molecular complexity index is 546. The molecule has 1 amide bonds. The fraction of sp³-hybridized carbons (Fsp3) is 0.562. The highest BCUT2D eigenvalue weighted by Gasteiger charge is 2.49. The molecular formula is C16H22IN3O. The number of nitrogens with one attached hydrogen (secondary N) is 2. The summed E-state index contributed by atoms with van der Waals surface area (Å²) in [6.45, 7) is 8.19. The number of nitrogens with zero attached hydrogens (tertiary/aromatic N) is 1.